The first-order valence-electron chi connectivity index (χ1n) is 11.0. The van der Waals surface area contributed by atoms with Gasteiger partial charge in [0.15, 0.2) is 5.78 Å². The predicted molar refractivity (Wildman–Crippen MR) is 120 cm³/mol. The van der Waals surface area contributed by atoms with Gasteiger partial charge in [-0.3, -0.25) is 19.6 Å². The number of allylic oxidation sites excluding steroid dienone is 2. The Labute approximate surface area is 183 Å². The first kappa shape index (κ1) is 21.2. The van der Waals surface area contributed by atoms with Gasteiger partial charge in [-0.2, -0.15) is 0 Å². The molecule has 4 atom stereocenters. The van der Waals surface area contributed by atoms with Crippen molar-refractivity contribution < 1.29 is 14.3 Å². The number of hydrogen-bond donors (Lipinski definition) is 0. The molecule has 0 radical (unpaired) electrons. The van der Waals surface area contributed by atoms with Gasteiger partial charge >= 0.3 is 5.97 Å². The van der Waals surface area contributed by atoms with Crippen LogP contribution in [-0.2, 0) is 14.3 Å². The maximum Gasteiger partial charge on any atom is 0.315 e. The van der Waals surface area contributed by atoms with E-state index in [2.05, 4.69) is 17.1 Å². The minimum absolute atomic E-state index is 0.0644. The van der Waals surface area contributed by atoms with Gasteiger partial charge in [0, 0.05) is 41.7 Å². The van der Waals surface area contributed by atoms with Crippen LogP contribution in [-0.4, -0.2) is 28.6 Å². The number of benzene rings is 1. The number of carbonyl (C=O) groups excluding carboxylic acids is 2. The van der Waals surface area contributed by atoms with Crippen LogP contribution >= 0.6 is 0 Å². The zero-order chi connectivity index (χ0) is 22.0. The zero-order valence-electron chi connectivity index (χ0n) is 18.2. The highest BCUT2D eigenvalue weighted by molar-refractivity contribution is 6.09. The third kappa shape index (κ3) is 4.22. The topological polar surface area (TPSA) is 68.6 Å². The fourth-order valence-corrected chi connectivity index (χ4v) is 4.61. The second kappa shape index (κ2) is 8.96. The molecule has 1 aliphatic heterocycles. The van der Waals surface area contributed by atoms with E-state index in [1.165, 1.54) is 0 Å². The van der Waals surface area contributed by atoms with Gasteiger partial charge in [0.2, 0.25) is 0 Å². The SMILES string of the molecule is CC[C@@H](C)OC(=O)C1C(C)=NC2=C(C(=O)C[C@H](c3ccccc3)C2)[C@@H]1c1ccncc1. The van der Waals surface area contributed by atoms with E-state index in [1.54, 1.807) is 12.4 Å². The van der Waals surface area contributed by atoms with Gasteiger partial charge in [-0.05, 0) is 55.9 Å². The lowest BCUT2D eigenvalue weighted by Gasteiger charge is -2.36. The number of esters is 1. The molecule has 0 N–H and O–H groups in total. The van der Waals surface area contributed by atoms with Crippen molar-refractivity contribution in [3.8, 4) is 0 Å². The highest BCUT2D eigenvalue weighted by Gasteiger charge is 2.44. The van der Waals surface area contributed by atoms with E-state index < -0.39 is 11.8 Å². The van der Waals surface area contributed by atoms with Gasteiger partial charge in [-0.25, -0.2) is 0 Å². The summed E-state index contributed by atoms with van der Waals surface area (Å²) in [5.41, 5.74) is 4.21. The summed E-state index contributed by atoms with van der Waals surface area (Å²) in [6.07, 6.45) is 5.07. The number of ketones is 1. The van der Waals surface area contributed by atoms with Crippen LogP contribution in [0.15, 0.2) is 71.1 Å². The number of aliphatic imine (C=N–C) groups is 1. The quantitative estimate of drug-likeness (QED) is 0.644. The van der Waals surface area contributed by atoms with E-state index in [1.807, 2.05) is 51.1 Å². The molecule has 0 amide bonds. The molecule has 2 aliphatic rings. The average Bonchev–Trinajstić information content (AvgIpc) is 2.79. The molecule has 5 nitrogen and oxygen atoms in total. The highest BCUT2D eigenvalue weighted by Crippen LogP contribution is 2.46. The van der Waals surface area contributed by atoms with Crippen LogP contribution in [0.5, 0.6) is 0 Å². The van der Waals surface area contributed by atoms with Gasteiger partial charge < -0.3 is 4.74 Å². The summed E-state index contributed by atoms with van der Waals surface area (Å²) >= 11 is 0. The fraction of sp³-hybridized carbons (Fsp3) is 0.385. The van der Waals surface area contributed by atoms with Crippen LogP contribution in [0.25, 0.3) is 0 Å². The summed E-state index contributed by atoms with van der Waals surface area (Å²) in [7, 11) is 0. The lowest BCUT2D eigenvalue weighted by molar-refractivity contribution is -0.151. The molecule has 0 bridgehead atoms. The third-order valence-corrected chi connectivity index (χ3v) is 6.37. The molecule has 2 heterocycles. The Morgan fingerprint density at radius 2 is 1.81 bits per heavy atom. The van der Waals surface area contributed by atoms with Crippen LogP contribution in [0.3, 0.4) is 0 Å². The lowest BCUT2D eigenvalue weighted by Crippen LogP contribution is -2.39. The summed E-state index contributed by atoms with van der Waals surface area (Å²) in [5.74, 6) is -1.15. The van der Waals surface area contributed by atoms with Crippen LogP contribution in [0.4, 0.5) is 0 Å². The number of nitrogens with zero attached hydrogens (tertiary/aromatic N) is 2. The molecule has 1 aromatic heterocycles. The Bertz CT molecular complexity index is 1030. The number of hydrogen-bond acceptors (Lipinski definition) is 5. The van der Waals surface area contributed by atoms with Crippen molar-refractivity contribution in [1.82, 2.24) is 4.98 Å². The Morgan fingerprint density at radius 3 is 2.48 bits per heavy atom. The molecule has 31 heavy (non-hydrogen) atoms. The minimum Gasteiger partial charge on any atom is -0.462 e. The van der Waals surface area contributed by atoms with Crippen LogP contribution in [0, 0.1) is 5.92 Å². The average molecular weight is 417 g/mol. The molecule has 2 aromatic rings. The van der Waals surface area contributed by atoms with Gasteiger partial charge in [-0.15, -0.1) is 0 Å². The molecule has 0 saturated carbocycles. The van der Waals surface area contributed by atoms with E-state index in [4.69, 9.17) is 9.73 Å². The molecule has 5 heteroatoms. The standard InChI is InChI=1S/C26H28N2O3/c1-4-16(2)31-26(30)23-17(3)28-21-14-20(18-8-6-5-7-9-18)15-22(29)25(21)24(23)19-10-12-27-13-11-19/h5-13,16,20,23-24H,4,14-15H2,1-3H3/t16-,20-,23?,24-/m1/s1. The normalized spacial score (nSPS) is 24.3. The number of carbonyl (C=O) groups is 2. The predicted octanol–water partition coefficient (Wildman–Crippen LogP) is 5.00. The monoisotopic (exact) mass is 416 g/mol. The fourth-order valence-electron chi connectivity index (χ4n) is 4.61. The molecule has 0 saturated heterocycles. The van der Waals surface area contributed by atoms with E-state index in [-0.39, 0.29) is 23.8 Å². The van der Waals surface area contributed by atoms with Gasteiger partial charge in [-0.1, -0.05) is 37.3 Å². The number of aromatic nitrogens is 1. The van der Waals surface area contributed by atoms with E-state index in [0.29, 0.717) is 24.1 Å². The number of Topliss-reactive ketones (excluding diaryl/α,β-unsaturated/α-hetero) is 1. The largest absolute Gasteiger partial charge is 0.462 e. The number of ether oxygens (including phenoxy) is 1. The van der Waals surface area contributed by atoms with Gasteiger partial charge in [0.25, 0.3) is 0 Å². The Balaban J connectivity index is 1.76. The summed E-state index contributed by atoms with van der Waals surface area (Å²) in [6.45, 7) is 5.74. The van der Waals surface area contributed by atoms with Gasteiger partial charge in [0.1, 0.15) is 5.92 Å². The van der Waals surface area contributed by atoms with Crippen molar-refractivity contribution in [2.75, 3.05) is 0 Å². The molecule has 4 rings (SSSR count). The number of pyridine rings is 1. The summed E-state index contributed by atoms with van der Waals surface area (Å²) < 4.78 is 5.70. The van der Waals surface area contributed by atoms with Crippen molar-refractivity contribution in [2.24, 2.45) is 10.9 Å². The Hall–Kier alpha value is -3.08. The zero-order valence-corrected chi connectivity index (χ0v) is 18.2. The van der Waals surface area contributed by atoms with Crippen molar-refractivity contribution in [2.45, 2.75) is 58.0 Å². The van der Waals surface area contributed by atoms with Crippen molar-refractivity contribution in [3.05, 3.63) is 77.3 Å². The van der Waals surface area contributed by atoms with Crippen LogP contribution < -0.4 is 0 Å². The van der Waals surface area contributed by atoms with Gasteiger partial charge in [0.05, 0.1) is 6.10 Å². The van der Waals surface area contributed by atoms with Crippen molar-refractivity contribution in [1.29, 1.82) is 0 Å². The lowest BCUT2D eigenvalue weighted by atomic mass is 9.69. The third-order valence-electron chi connectivity index (χ3n) is 6.37. The maximum atomic E-state index is 13.5. The van der Waals surface area contributed by atoms with Crippen molar-refractivity contribution >= 4 is 17.5 Å². The maximum absolute atomic E-state index is 13.5. The first-order valence-corrected chi connectivity index (χ1v) is 11.0. The summed E-state index contributed by atoms with van der Waals surface area (Å²) in [5, 5.41) is 0. The Kier molecular flexibility index (Phi) is 6.12. The molecule has 0 spiro atoms. The molecule has 1 aromatic carbocycles. The molecule has 1 unspecified atom stereocenters. The minimum atomic E-state index is -0.604. The molecule has 160 valence electrons. The van der Waals surface area contributed by atoms with E-state index in [9.17, 15) is 9.59 Å². The van der Waals surface area contributed by atoms with E-state index >= 15 is 0 Å². The van der Waals surface area contributed by atoms with Crippen LogP contribution in [0.2, 0.25) is 0 Å². The smallest absolute Gasteiger partial charge is 0.315 e. The summed E-state index contributed by atoms with van der Waals surface area (Å²) in [6, 6.07) is 13.9. The first-order chi connectivity index (χ1) is 15.0. The Morgan fingerprint density at radius 1 is 1.10 bits per heavy atom. The molecule has 0 fully saturated rings. The second-order valence-electron chi connectivity index (χ2n) is 8.44. The molecular weight excluding hydrogens is 388 g/mol. The number of rotatable bonds is 5. The van der Waals surface area contributed by atoms with Crippen molar-refractivity contribution in [3.63, 3.8) is 0 Å². The molecular formula is C26H28N2O3. The highest BCUT2D eigenvalue weighted by atomic mass is 16.5. The van der Waals surface area contributed by atoms with E-state index in [0.717, 1.165) is 23.2 Å². The van der Waals surface area contributed by atoms with Crippen LogP contribution in [0.1, 0.15) is 63.0 Å². The molecule has 1 aliphatic carbocycles. The second-order valence-corrected chi connectivity index (χ2v) is 8.44. The summed E-state index contributed by atoms with van der Waals surface area (Å²) in [4.78, 5) is 35.5.